The van der Waals surface area contributed by atoms with E-state index in [-0.39, 0.29) is 0 Å². The van der Waals surface area contributed by atoms with Crippen LogP contribution in [-0.4, -0.2) is 12.2 Å². The maximum Gasteiger partial charge on any atom is 0.122 e. The molecular weight excluding hydrogens is 240 g/mol. The molecule has 0 radical (unpaired) electrons. The average molecular weight is 260 g/mol. The van der Waals surface area contributed by atoms with E-state index in [1.165, 1.54) is 0 Å². The Labute approximate surface area is 113 Å². The third-order valence-corrected chi connectivity index (χ3v) is 3.47. The van der Waals surface area contributed by atoms with Crippen molar-refractivity contribution in [3.05, 3.63) is 52.5 Å². The van der Waals surface area contributed by atoms with Gasteiger partial charge in [0.15, 0.2) is 0 Å². The molecule has 0 spiro atoms. The number of hydrogen-bond donors (Lipinski definition) is 1. The lowest BCUT2D eigenvalue weighted by atomic mass is 9.95. The molecule has 1 N–H and O–H groups in total. The van der Waals surface area contributed by atoms with Crippen LogP contribution in [0.25, 0.3) is 0 Å². The van der Waals surface area contributed by atoms with Crippen LogP contribution in [0.3, 0.4) is 0 Å². The van der Waals surface area contributed by atoms with E-state index in [9.17, 15) is 5.11 Å². The molecule has 1 heterocycles. The van der Waals surface area contributed by atoms with Crippen molar-refractivity contribution >= 4 is 0 Å². The van der Waals surface area contributed by atoms with Crippen molar-refractivity contribution in [1.82, 2.24) is 0 Å². The fraction of sp³-hybridized carbons (Fsp3) is 0.375. The van der Waals surface area contributed by atoms with Gasteiger partial charge in [0.05, 0.1) is 13.4 Å². The maximum atomic E-state index is 10.6. The molecule has 0 saturated heterocycles. The normalized spacial score (nSPS) is 12.5. The summed E-state index contributed by atoms with van der Waals surface area (Å²) >= 11 is 0. The van der Waals surface area contributed by atoms with Crippen molar-refractivity contribution in [3.8, 4) is 5.75 Å². The van der Waals surface area contributed by atoms with Gasteiger partial charge in [0.25, 0.3) is 0 Å². The minimum Gasteiger partial charge on any atom is -0.496 e. The minimum atomic E-state index is -0.654. The Hall–Kier alpha value is -1.74. The van der Waals surface area contributed by atoms with Gasteiger partial charge in [0.2, 0.25) is 0 Å². The highest BCUT2D eigenvalue weighted by Crippen LogP contribution is 2.32. The molecule has 0 bridgehead atoms. The van der Waals surface area contributed by atoms with Gasteiger partial charge in [-0.05, 0) is 48.7 Å². The molecule has 102 valence electrons. The number of aliphatic hydroxyl groups excluding tert-OH is 1. The standard InChI is InChI=1S/C16H20O3/c1-5-14-12(6-7-19-14)16(17)13-8-11(3)15(18-4)9-10(13)2/h6-9,16-17H,5H2,1-4H3. The first-order valence-corrected chi connectivity index (χ1v) is 6.48. The number of rotatable bonds is 4. The van der Waals surface area contributed by atoms with Gasteiger partial charge in [0, 0.05) is 12.0 Å². The van der Waals surface area contributed by atoms with Crippen molar-refractivity contribution in [2.75, 3.05) is 7.11 Å². The molecule has 1 atom stereocenters. The number of aliphatic hydroxyl groups is 1. The van der Waals surface area contributed by atoms with E-state index in [1.807, 2.05) is 39.0 Å². The topological polar surface area (TPSA) is 42.6 Å². The van der Waals surface area contributed by atoms with Gasteiger partial charge in [0.1, 0.15) is 17.6 Å². The zero-order valence-electron chi connectivity index (χ0n) is 11.9. The van der Waals surface area contributed by atoms with Crippen LogP contribution in [0, 0.1) is 13.8 Å². The van der Waals surface area contributed by atoms with Crippen molar-refractivity contribution in [2.45, 2.75) is 33.3 Å². The van der Waals surface area contributed by atoms with Gasteiger partial charge in [-0.15, -0.1) is 0 Å². The van der Waals surface area contributed by atoms with Gasteiger partial charge < -0.3 is 14.3 Å². The van der Waals surface area contributed by atoms with E-state index in [1.54, 1.807) is 13.4 Å². The van der Waals surface area contributed by atoms with E-state index >= 15 is 0 Å². The lowest BCUT2D eigenvalue weighted by Crippen LogP contribution is -2.04. The summed E-state index contributed by atoms with van der Waals surface area (Å²) in [6.45, 7) is 5.97. The van der Waals surface area contributed by atoms with E-state index in [4.69, 9.17) is 9.15 Å². The second-order valence-corrected chi connectivity index (χ2v) is 4.73. The number of benzene rings is 1. The number of aryl methyl sites for hydroxylation is 3. The number of furan rings is 1. The summed E-state index contributed by atoms with van der Waals surface area (Å²) in [5, 5.41) is 10.6. The van der Waals surface area contributed by atoms with E-state index in [0.717, 1.165) is 40.2 Å². The smallest absolute Gasteiger partial charge is 0.122 e. The second-order valence-electron chi connectivity index (χ2n) is 4.73. The Kier molecular flexibility index (Phi) is 3.96. The van der Waals surface area contributed by atoms with Gasteiger partial charge >= 0.3 is 0 Å². The Morgan fingerprint density at radius 2 is 1.95 bits per heavy atom. The fourth-order valence-electron chi connectivity index (χ4n) is 2.38. The molecule has 1 aromatic carbocycles. The maximum absolute atomic E-state index is 10.6. The minimum absolute atomic E-state index is 0.654. The van der Waals surface area contributed by atoms with Crippen molar-refractivity contribution in [2.24, 2.45) is 0 Å². The zero-order chi connectivity index (χ0) is 14.0. The van der Waals surface area contributed by atoms with Crippen LogP contribution in [-0.2, 0) is 6.42 Å². The van der Waals surface area contributed by atoms with E-state index < -0.39 is 6.10 Å². The molecule has 2 aromatic rings. The molecule has 0 aliphatic heterocycles. The average Bonchev–Trinajstić information content (AvgIpc) is 2.88. The van der Waals surface area contributed by atoms with Crippen LogP contribution in [0.4, 0.5) is 0 Å². The lowest BCUT2D eigenvalue weighted by Gasteiger charge is -2.16. The molecule has 1 unspecified atom stereocenters. The lowest BCUT2D eigenvalue weighted by molar-refractivity contribution is 0.216. The highest BCUT2D eigenvalue weighted by atomic mass is 16.5. The summed E-state index contributed by atoms with van der Waals surface area (Å²) in [6, 6.07) is 5.77. The molecule has 0 aliphatic carbocycles. The van der Waals surface area contributed by atoms with Gasteiger partial charge in [-0.25, -0.2) is 0 Å². The number of methoxy groups -OCH3 is 1. The molecule has 3 nitrogen and oxygen atoms in total. The summed E-state index contributed by atoms with van der Waals surface area (Å²) in [4.78, 5) is 0. The Bertz CT molecular complexity index is 569. The predicted octanol–water partition coefficient (Wildman–Crippen LogP) is 3.55. The van der Waals surface area contributed by atoms with Crippen LogP contribution >= 0.6 is 0 Å². The first kappa shape index (κ1) is 13.7. The summed E-state index contributed by atoms with van der Waals surface area (Å²) in [5.74, 6) is 1.68. The molecule has 2 rings (SSSR count). The van der Waals surface area contributed by atoms with Gasteiger partial charge in [-0.3, -0.25) is 0 Å². The SMILES string of the molecule is CCc1occc1C(O)c1cc(C)c(OC)cc1C. The van der Waals surface area contributed by atoms with Crippen LogP contribution in [0.5, 0.6) is 5.75 Å². The molecule has 0 saturated carbocycles. The van der Waals surface area contributed by atoms with Crippen LogP contribution in [0.15, 0.2) is 28.9 Å². The fourth-order valence-corrected chi connectivity index (χ4v) is 2.38. The summed E-state index contributed by atoms with van der Waals surface area (Å²) in [5.41, 5.74) is 3.77. The first-order chi connectivity index (χ1) is 9.08. The Morgan fingerprint density at radius 1 is 1.21 bits per heavy atom. The molecule has 0 aliphatic rings. The zero-order valence-corrected chi connectivity index (χ0v) is 11.9. The number of ether oxygens (including phenoxy) is 1. The van der Waals surface area contributed by atoms with Crippen molar-refractivity contribution in [1.29, 1.82) is 0 Å². The van der Waals surface area contributed by atoms with E-state index in [0.29, 0.717) is 0 Å². The Morgan fingerprint density at radius 3 is 2.58 bits per heavy atom. The monoisotopic (exact) mass is 260 g/mol. The quantitative estimate of drug-likeness (QED) is 0.914. The highest BCUT2D eigenvalue weighted by molar-refractivity contribution is 5.45. The van der Waals surface area contributed by atoms with Crippen LogP contribution in [0.2, 0.25) is 0 Å². The molecule has 19 heavy (non-hydrogen) atoms. The molecule has 0 fully saturated rings. The third kappa shape index (κ3) is 2.51. The van der Waals surface area contributed by atoms with Crippen molar-refractivity contribution < 1.29 is 14.3 Å². The van der Waals surface area contributed by atoms with Gasteiger partial charge in [-0.2, -0.15) is 0 Å². The molecule has 1 aromatic heterocycles. The van der Waals surface area contributed by atoms with Crippen molar-refractivity contribution in [3.63, 3.8) is 0 Å². The first-order valence-electron chi connectivity index (χ1n) is 6.48. The molecular formula is C16H20O3. The number of hydrogen-bond acceptors (Lipinski definition) is 3. The predicted molar refractivity (Wildman–Crippen MR) is 74.6 cm³/mol. The van der Waals surface area contributed by atoms with Crippen LogP contribution < -0.4 is 4.74 Å². The summed E-state index contributed by atoms with van der Waals surface area (Å²) in [6.07, 6.45) is 1.75. The van der Waals surface area contributed by atoms with Crippen LogP contribution in [0.1, 0.15) is 41.0 Å². The summed E-state index contributed by atoms with van der Waals surface area (Å²) in [7, 11) is 1.66. The van der Waals surface area contributed by atoms with Gasteiger partial charge in [-0.1, -0.05) is 6.92 Å². The molecule has 0 amide bonds. The van der Waals surface area contributed by atoms with E-state index in [2.05, 4.69) is 0 Å². The molecule has 3 heteroatoms. The Balaban J connectivity index is 2.44. The highest BCUT2D eigenvalue weighted by Gasteiger charge is 2.19. The second kappa shape index (κ2) is 5.49. The summed E-state index contributed by atoms with van der Waals surface area (Å²) < 4.78 is 10.7. The third-order valence-electron chi connectivity index (χ3n) is 3.47. The largest absolute Gasteiger partial charge is 0.496 e.